The molecule has 18 heavy (non-hydrogen) atoms. The molecule has 0 saturated heterocycles. The standard InChI is InChI=1S/C12H11ClF4O/c1-2-3-4-11(18,12(15,16)17)8-5-9(13)7-10(14)6-8/h2-3,5-7,18H,4H2,1H3/b3-2-/t11-/m1/s1. The zero-order valence-electron chi connectivity index (χ0n) is 9.43. The molecular formula is C12H11ClF4O. The van der Waals surface area contributed by atoms with Gasteiger partial charge in [0, 0.05) is 11.4 Å². The summed E-state index contributed by atoms with van der Waals surface area (Å²) >= 11 is 5.50. The summed E-state index contributed by atoms with van der Waals surface area (Å²) in [5.74, 6) is -0.930. The van der Waals surface area contributed by atoms with Crippen molar-refractivity contribution >= 4 is 11.6 Å². The predicted molar refractivity (Wildman–Crippen MR) is 60.8 cm³/mol. The molecule has 6 heteroatoms. The number of rotatable bonds is 3. The first-order valence-electron chi connectivity index (χ1n) is 5.07. The van der Waals surface area contributed by atoms with Crippen LogP contribution < -0.4 is 0 Å². The van der Waals surface area contributed by atoms with E-state index in [0.717, 1.165) is 18.2 Å². The Hall–Kier alpha value is -1.07. The Morgan fingerprint density at radius 2 is 1.89 bits per heavy atom. The molecule has 0 aliphatic carbocycles. The van der Waals surface area contributed by atoms with E-state index in [1.807, 2.05) is 0 Å². The van der Waals surface area contributed by atoms with E-state index in [9.17, 15) is 22.7 Å². The van der Waals surface area contributed by atoms with Crippen LogP contribution in [0.25, 0.3) is 0 Å². The minimum atomic E-state index is -4.93. The van der Waals surface area contributed by atoms with Crippen LogP contribution in [0.5, 0.6) is 0 Å². The van der Waals surface area contributed by atoms with Gasteiger partial charge in [-0.1, -0.05) is 23.8 Å². The van der Waals surface area contributed by atoms with Crippen LogP contribution in [0.1, 0.15) is 18.9 Å². The SMILES string of the molecule is C/C=C\C[C@@](O)(c1cc(F)cc(Cl)c1)C(F)(F)F. The van der Waals surface area contributed by atoms with Crippen molar-refractivity contribution in [3.05, 3.63) is 46.8 Å². The summed E-state index contributed by atoms with van der Waals surface area (Å²) in [5.41, 5.74) is -3.76. The van der Waals surface area contributed by atoms with Crippen molar-refractivity contribution in [2.45, 2.75) is 25.1 Å². The monoisotopic (exact) mass is 282 g/mol. The lowest BCUT2D eigenvalue weighted by Gasteiger charge is -2.30. The van der Waals surface area contributed by atoms with Gasteiger partial charge in [-0.05, 0) is 30.7 Å². The molecule has 0 radical (unpaired) electrons. The van der Waals surface area contributed by atoms with Crippen LogP contribution in [0.2, 0.25) is 5.02 Å². The molecule has 0 heterocycles. The minimum Gasteiger partial charge on any atom is -0.376 e. The van der Waals surface area contributed by atoms with Gasteiger partial charge in [-0.25, -0.2) is 4.39 Å². The van der Waals surface area contributed by atoms with Crippen LogP contribution in [0.4, 0.5) is 17.6 Å². The minimum absolute atomic E-state index is 0.201. The molecule has 0 amide bonds. The predicted octanol–water partition coefficient (Wildman–Crippen LogP) is 4.20. The maximum atomic E-state index is 13.1. The van der Waals surface area contributed by atoms with E-state index in [0.29, 0.717) is 6.07 Å². The zero-order chi connectivity index (χ0) is 14.0. The van der Waals surface area contributed by atoms with Gasteiger partial charge in [-0.2, -0.15) is 13.2 Å². The largest absolute Gasteiger partial charge is 0.421 e. The highest BCUT2D eigenvalue weighted by Crippen LogP contribution is 2.42. The summed E-state index contributed by atoms with van der Waals surface area (Å²) in [7, 11) is 0. The van der Waals surface area contributed by atoms with Gasteiger partial charge in [-0.3, -0.25) is 0 Å². The average Bonchev–Trinajstić information content (AvgIpc) is 2.22. The summed E-state index contributed by atoms with van der Waals surface area (Å²) in [6, 6.07) is 2.40. The van der Waals surface area contributed by atoms with Crippen molar-refractivity contribution < 1.29 is 22.7 Å². The van der Waals surface area contributed by atoms with Crippen molar-refractivity contribution in [3.8, 4) is 0 Å². The average molecular weight is 283 g/mol. The Balaban J connectivity index is 3.34. The Kier molecular flexibility index (Phi) is 4.40. The second-order valence-electron chi connectivity index (χ2n) is 3.79. The number of hydrogen-bond donors (Lipinski definition) is 1. The second kappa shape index (κ2) is 5.28. The summed E-state index contributed by atoms with van der Waals surface area (Å²) in [4.78, 5) is 0. The third kappa shape index (κ3) is 3.03. The van der Waals surface area contributed by atoms with Crippen molar-refractivity contribution in [3.63, 3.8) is 0 Å². The molecule has 1 aromatic rings. The van der Waals surface area contributed by atoms with Crippen LogP contribution in [0, 0.1) is 5.82 Å². The first kappa shape index (κ1) is 15.0. The highest BCUT2D eigenvalue weighted by atomic mass is 35.5. The molecule has 0 aliphatic rings. The third-order valence-corrected chi connectivity index (χ3v) is 2.68. The molecular weight excluding hydrogens is 272 g/mol. The van der Waals surface area contributed by atoms with E-state index in [1.165, 1.54) is 13.0 Å². The Bertz CT molecular complexity index is 436. The van der Waals surface area contributed by atoms with Gasteiger partial charge < -0.3 is 5.11 Å². The fourth-order valence-electron chi connectivity index (χ4n) is 1.48. The first-order valence-corrected chi connectivity index (χ1v) is 5.45. The van der Waals surface area contributed by atoms with Crippen LogP contribution in [-0.4, -0.2) is 11.3 Å². The van der Waals surface area contributed by atoms with Gasteiger partial charge in [0.25, 0.3) is 0 Å². The lowest BCUT2D eigenvalue weighted by Crippen LogP contribution is -2.42. The van der Waals surface area contributed by atoms with Crippen LogP contribution in [-0.2, 0) is 5.60 Å². The molecule has 0 fully saturated rings. The van der Waals surface area contributed by atoms with E-state index < -0.39 is 29.6 Å². The lowest BCUT2D eigenvalue weighted by atomic mass is 9.89. The lowest BCUT2D eigenvalue weighted by molar-refractivity contribution is -0.265. The molecule has 0 aromatic heterocycles. The molecule has 1 nitrogen and oxygen atoms in total. The Morgan fingerprint density at radius 1 is 1.28 bits per heavy atom. The Morgan fingerprint density at radius 3 is 2.33 bits per heavy atom. The summed E-state index contributed by atoms with van der Waals surface area (Å²) in [6.07, 6.45) is -3.10. The molecule has 0 aliphatic heterocycles. The molecule has 1 N–H and O–H groups in total. The summed E-state index contributed by atoms with van der Waals surface area (Å²) in [5, 5.41) is 9.60. The number of hydrogen-bond acceptors (Lipinski definition) is 1. The van der Waals surface area contributed by atoms with Crippen molar-refractivity contribution in [2.24, 2.45) is 0 Å². The second-order valence-corrected chi connectivity index (χ2v) is 4.23. The number of allylic oxidation sites excluding steroid dienone is 1. The third-order valence-electron chi connectivity index (χ3n) is 2.46. The number of aliphatic hydroxyl groups is 1. The van der Waals surface area contributed by atoms with Crippen molar-refractivity contribution in [2.75, 3.05) is 0 Å². The summed E-state index contributed by atoms with van der Waals surface area (Å²) in [6.45, 7) is 1.52. The Labute approximate surface area is 107 Å². The molecule has 1 atom stereocenters. The van der Waals surface area contributed by atoms with Crippen LogP contribution in [0.15, 0.2) is 30.4 Å². The molecule has 0 unspecified atom stereocenters. The number of alkyl halides is 3. The van der Waals surface area contributed by atoms with E-state index in [2.05, 4.69) is 0 Å². The highest BCUT2D eigenvalue weighted by Gasteiger charge is 2.54. The smallest absolute Gasteiger partial charge is 0.376 e. The normalized spacial score (nSPS) is 15.9. The maximum absolute atomic E-state index is 13.1. The fourth-order valence-corrected chi connectivity index (χ4v) is 1.70. The van der Waals surface area contributed by atoms with Crippen molar-refractivity contribution in [1.82, 2.24) is 0 Å². The van der Waals surface area contributed by atoms with Crippen LogP contribution in [0.3, 0.4) is 0 Å². The number of halogens is 5. The highest BCUT2D eigenvalue weighted by molar-refractivity contribution is 6.30. The van der Waals surface area contributed by atoms with Gasteiger partial charge in [-0.15, -0.1) is 0 Å². The quantitative estimate of drug-likeness (QED) is 0.651. The molecule has 1 rings (SSSR count). The first-order chi connectivity index (χ1) is 8.20. The maximum Gasteiger partial charge on any atom is 0.421 e. The zero-order valence-corrected chi connectivity index (χ0v) is 10.2. The van der Waals surface area contributed by atoms with E-state index in [4.69, 9.17) is 11.6 Å². The molecule has 1 aromatic carbocycles. The topological polar surface area (TPSA) is 20.2 Å². The van der Waals surface area contributed by atoms with Crippen LogP contribution >= 0.6 is 11.6 Å². The summed E-state index contributed by atoms with van der Waals surface area (Å²) < 4.78 is 51.9. The molecule has 0 spiro atoms. The van der Waals surface area contributed by atoms with E-state index in [1.54, 1.807) is 0 Å². The van der Waals surface area contributed by atoms with Crippen molar-refractivity contribution in [1.29, 1.82) is 0 Å². The van der Waals surface area contributed by atoms with E-state index in [-0.39, 0.29) is 5.02 Å². The molecule has 0 bridgehead atoms. The van der Waals surface area contributed by atoms with E-state index >= 15 is 0 Å². The van der Waals surface area contributed by atoms with Gasteiger partial charge in [0.15, 0.2) is 5.60 Å². The number of benzene rings is 1. The molecule has 0 saturated carbocycles. The fraction of sp³-hybridized carbons (Fsp3) is 0.333. The molecule has 100 valence electrons. The van der Waals surface area contributed by atoms with Gasteiger partial charge in [0.05, 0.1) is 0 Å². The van der Waals surface area contributed by atoms with Gasteiger partial charge in [0.1, 0.15) is 5.82 Å². The van der Waals surface area contributed by atoms with Gasteiger partial charge in [0.2, 0.25) is 0 Å². The van der Waals surface area contributed by atoms with Gasteiger partial charge >= 0.3 is 6.18 Å².